The van der Waals surface area contributed by atoms with E-state index >= 15 is 0 Å². The van der Waals surface area contributed by atoms with Crippen LogP contribution in [-0.2, 0) is 0 Å². The van der Waals surface area contributed by atoms with Gasteiger partial charge in [0.15, 0.2) is 11.5 Å². The van der Waals surface area contributed by atoms with E-state index in [4.69, 9.17) is 13.7 Å². The van der Waals surface area contributed by atoms with E-state index < -0.39 is 0 Å². The topological polar surface area (TPSA) is 40.6 Å². The molecule has 0 amide bonds. The summed E-state index contributed by atoms with van der Waals surface area (Å²) in [5.41, 5.74) is 0. The smallest absolute Gasteiger partial charge is 0.256 e. The van der Waals surface area contributed by atoms with Gasteiger partial charge >= 0.3 is 0 Å². The molecule has 0 aliphatic carbocycles. The number of ether oxygens (including phenoxy) is 2. The van der Waals surface area contributed by atoms with Gasteiger partial charge in [0, 0.05) is 12.3 Å². The SMILES string of the molecule is C=S(C)Oc1cnc(OC)c(OC)c1. The molecule has 0 N–H and O–H groups in total. The first-order chi connectivity index (χ1) is 6.67. The van der Waals surface area contributed by atoms with Crippen LogP contribution in [0.4, 0.5) is 0 Å². The van der Waals surface area contributed by atoms with E-state index in [9.17, 15) is 0 Å². The molecule has 1 aromatic heterocycles. The van der Waals surface area contributed by atoms with Crippen LogP contribution in [0.5, 0.6) is 17.4 Å². The lowest BCUT2D eigenvalue weighted by molar-refractivity contribution is 0.341. The molecular weight excluding hydrogens is 202 g/mol. The second-order valence-electron chi connectivity index (χ2n) is 2.54. The molecule has 0 aliphatic heterocycles. The average molecular weight is 215 g/mol. The zero-order chi connectivity index (χ0) is 10.6. The predicted octanol–water partition coefficient (Wildman–Crippen LogP) is 1.72. The molecule has 0 radical (unpaired) electrons. The van der Waals surface area contributed by atoms with Gasteiger partial charge in [-0.2, -0.15) is 0 Å². The first-order valence-corrected chi connectivity index (χ1v) is 5.62. The Morgan fingerprint density at radius 1 is 1.36 bits per heavy atom. The number of aromatic nitrogens is 1. The summed E-state index contributed by atoms with van der Waals surface area (Å²) in [7, 11) is 2.72. The number of nitrogens with zero attached hydrogens (tertiary/aromatic N) is 1. The van der Waals surface area contributed by atoms with Crippen molar-refractivity contribution in [3.05, 3.63) is 12.3 Å². The second kappa shape index (κ2) is 4.85. The maximum Gasteiger partial charge on any atom is 0.256 e. The van der Waals surface area contributed by atoms with Crippen molar-refractivity contribution in [3.8, 4) is 17.4 Å². The number of hydrogen-bond acceptors (Lipinski definition) is 4. The lowest BCUT2D eigenvalue weighted by Crippen LogP contribution is -1.94. The van der Waals surface area contributed by atoms with Crippen LogP contribution in [-0.4, -0.2) is 31.3 Å². The molecule has 1 aromatic rings. The Balaban J connectivity index is 2.95. The van der Waals surface area contributed by atoms with E-state index in [0.29, 0.717) is 17.4 Å². The fraction of sp³-hybridized carbons (Fsp3) is 0.333. The quantitative estimate of drug-likeness (QED) is 0.717. The van der Waals surface area contributed by atoms with Gasteiger partial charge in [0.2, 0.25) is 0 Å². The zero-order valence-corrected chi connectivity index (χ0v) is 9.26. The van der Waals surface area contributed by atoms with Crippen LogP contribution in [0.2, 0.25) is 0 Å². The van der Waals surface area contributed by atoms with Gasteiger partial charge < -0.3 is 13.7 Å². The Labute approximate surface area is 86.0 Å². The third kappa shape index (κ3) is 2.63. The molecule has 0 saturated heterocycles. The first kappa shape index (κ1) is 10.8. The monoisotopic (exact) mass is 215 g/mol. The largest absolute Gasteiger partial charge is 0.491 e. The summed E-state index contributed by atoms with van der Waals surface area (Å²) in [6.07, 6.45) is 3.45. The molecule has 0 saturated carbocycles. The van der Waals surface area contributed by atoms with Crippen molar-refractivity contribution in [1.82, 2.24) is 4.98 Å². The third-order valence-electron chi connectivity index (χ3n) is 1.44. The van der Waals surface area contributed by atoms with Gasteiger partial charge in [0.25, 0.3) is 5.88 Å². The predicted molar refractivity (Wildman–Crippen MR) is 58.6 cm³/mol. The highest BCUT2D eigenvalue weighted by atomic mass is 32.2. The summed E-state index contributed by atoms with van der Waals surface area (Å²) in [6.45, 7) is 0. The second-order valence-corrected chi connectivity index (χ2v) is 3.85. The van der Waals surface area contributed by atoms with Crippen LogP contribution in [0, 0.1) is 0 Å². The van der Waals surface area contributed by atoms with Crippen molar-refractivity contribution in [3.63, 3.8) is 0 Å². The van der Waals surface area contributed by atoms with E-state index in [0.717, 1.165) is 0 Å². The standard InChI is InChI=1S/C9H13NO3S/c1-11-8-5-7(13-14(3)4)6-10-9(8)12-2/h5-6H,3H2,1-2,4H3. The molecular formula is C9H13NO3S. The Morgan fingerprint density at radius 3 is 2.57 bits per heavy atom. The maximum absolute atomic E-state index is 5.37. The normalized spacial score (nSPS) is 11.9. The summed E-state index contributed by atoms with van der Waals surface area (Å²) in [5.74, 6) is 5.36. The highest BCUT2D eigenvalue weighted by molar-refractivity contribution is 8.09. The molecule has 1 unspecified atom stereocenters. The van der Waals surface area contributed by atoms with Crippen molar-refractivity contribution in [1.29, 1.82) is 0 Å². The minimum Gasteiger partial charge on any atom is -0.491 e. The van der Waals surface area contributed by atoms with Gasteiger partial charge in [0.1, 0.15) is 0 Å². The lowest BCUT2D eigenvalue weighted by atomic mass is 10.4. The minimum atomic E-state index is -0.372. The van der Waals surface area contributed by atoms with Crippen LogP contribution < -0.4 is 13.7 Å². The third-order valence-corrected chi connectivity index (χ3v) is 1.92. The first-order valence-electron chi connectivity index (χ1n) is 3.89. The summed E-state index contributed by atoms with van der Waals surface area (Å²) >= 11 is 0. The van der Waals surface area contributed by atoms with Crippen LogP contribution in [0.15, 0.2) is 12.3 Å². The molecule has 0 aromatic carbocycles. The summed E-state index contributed by atoms with van der Waals surface area (Å²) in [4.78, 5) is 4.03. The van der Waals surface area contributed by atoms with E-state index in [1.165, 1.54) is 7.11 Å². The number of hydrogen-bond donors (Lipinski definition) is 0. The van der Waals surface area contributed by atoms with Crippen LogP contribution in [0.3, 0.4) is 0 Å². The van der Waals surface area contributed by atoms with Crippen molar-refractivity contribution in [2.24, 2.45) is 0 Å². The van der Waals surface area contributed by atoms with Crippen LogP contribution in [0.1, 0.15) is 0 Å². The van der Waals surface area contributed by atoms with E-state index in [1.807, 2.05) is 6.26 Å². The van der Waals surface area contributed by atoms with Crippen molar-refractivity contribution in [2.75, 3.05) is 20.5 Å². The molecule has 0 spiro atoms. The number of pyridine rings is 1. The molecule has 1 heterocycles. The highest BCUT2D eigenvalue weighted by Crippen LogP contribution is 2.29. The molecule has 0 bridgehead atoms. The molecule has 1 atom stereocenters. The van der Waals surface area contributed by atoms with Crippen LogP contribution in [0.25, 0.3) is 0 Å². The Kier molecular flexibility index (Phi) is 3.76. The molecule has 14 heavy (non-hydrogen) atoms. The van der Waals surface area contributed by atoms with E-state index in [1.54, 1.807) is 19.4 Å². The zero-order valence-electron chi connectivity index (χ0n) is 8.44. The van der Waals surface area contributed by atoms with Crippen LogP contribution >= 0.6 is 10.8 Å². The van der Waals surface area contributed by atoms with Gasteiger partial charge in [-0.1, -0.05) is 0 Å². The number of methoxy groups -OCH3 is 2. The van der Waals surface area contributed by atoms with Crippen molar-refractivity contribution < 1.29 is 13.7 Å². The molecule has 78 valence electrons. The fourth-order valence-electron chi connectivity index (χ4n) is 0.923. The molecule has 0 aliphatic rings. The highest BCUT2D eigenvalue weighted by Gasteiger charge is 2.06. The van der Waals surface area contributed by atoms with E-state index in [2.05, 4.69) is 10.9 Å². The molecule has 4 nitrogen and oxygen atoms in total. The number of rotatable bonds is 4. The summed E-state index contributed by atoms with van der Waals surface area (Å²) in [5, 5.41) is 0. The Morgan fingerprint density at radius 2 is 2.07 bits per heavy atom. The summed E-state index contributed by atoms with van der Waals surface area (Å²) in [6, 6.07) is 1.72. The van der Waals surface area contributed by atoms with Gasteiger partial charge in [-0.3, -0.25) is 0 Å². The van der Waals surface area contributed by atoms with Gasteiger partial charge in [-0.15, -0.1) is 0 Å². The maximum atomic E-state index is 5.37. The Hall–Kier alpha value is -1.23. The van der Waals surface area contributed by atoms with Crippen molar-refractivity contribution in [2.45, 2.75) is 0 Å². The summed E-state index contributed by atoms with van der Waals surface area (Å²) < 4.78 is 15.4. The van der Waals surface area contributed by atoms with Gasteiger partial charge in [-0.05, 0) is 16.6 Å². The van der Waals surface area contributed by atoms with Gasteiger partial charge in [-0.25, -0.2) is 4.98 Å². The minimum absolute atomic E-state index is 0.372. The lowest BCUT2D eigenvalue weighted by Gasteiger charge is -2.09. The molecule has 1 rings (SSSR count). The Bertz CT molecular complexity index is 341. The van der Waals surface area contributed by atoms with Crippen molar-refractivity contribution >= 4 is 16.6 Å². The van der Waals surface area contributed by atoms with Gasteiger partial charge in [0.05, 0.1) is 20.4 Å². The molecule has 5 heteroatoms. The van der Waals surface area contributed by atoms with E-state index in [-0.39, 0.29) is 10.8 Å². The average Bonchev–Trinajstić information content (AvgIpc) is 2.16. The molecule has 0 fully saturated rings. The fourth-order valence-corrected chi connectivity index (χ4v) is 1.34.